The van der Waals surface area contributed by atoms with Gasteiger partial charge in [-0.15, -0.1) is 0 Å². The van der Waals surface area contributed by atoms with Gasteiger partial charge in [-0.25, -0.2) is 42.3 Å². The molecule has 0 unspecified atom stereocenters. The lowest BCUT2D eigenvalue weighted by atomic mass is 9.62. The number of phenolic OH excluding ortho intramolecular Hbond substituents is 1. The number of carbonyl (C=O) groups is 1. The van der Waals surface area contributed by atoms with Crippen molar-refractivity contribution in [3.8, 4) is 16.9 Å². The van der Waals surface area contributed by atoms with Crippen molar-refractivity contribution in [2.75, 3.05) is 0 Å². The van der Waals surface area contributed by atoms with Gasteiger partial charge in [-0.3, -0.25) is 9.97 Å². The number of carboxylic acid groups (broad SMARTS) is 1. The van der Waals surface area contributed by atoms with Crippen molar-refractivity contribution in [1.82, 2.24) is 29.9 Å². The number of halogens is 5. The number of alkyl halides is 2. The van der Waals surface area contributed by atoms with Gasteiger partial charge < -0.3 is 10.2 Å². The van der Waals surface area contributed by atoms with E-state index in [1.54, 1.807) is 24.7 Å². The first-order valence-electron chi connectivity index (χ1n) is 16.3. The molecule has 2 fully saturated rings. The van der Waals surface area contributed by atoms with Gasteiger partial charge in [0.05, 0.1) is 21.4 Å². The van der Waals surface area contributed by atoms with Gasteiger partial charge in [0.2, 0.25) is 0 Å². The van der Waals surface area contributed by atoms with Gasteiger partial charge in [0.15, 0.2) is 0 Å². The van der Waals surface area contributed by atoms with E-state index in [-0.39, 0.29) is 35.7 Å². The number of nitrogens with zero attached hydrogens (tertiary/aromatic N) is 6. The minimum atomic E-state index is -1.10. The Labute approximate surface area is 299 Å². The predicted molar refractivity (Wildman–Crippen MR) is 182 cm³/mol. The van der Waals surface area contributed by atoms with Crippen molar-refractivity contribution in [2.24, 2.45) is 0 Å². The standard InChI is InChI=1S/C22H19F2N3O3.C15H14BrF2N3/c23-15-9-22(10-15,20-17(24)2-1-7-25-20)6-5-19-26-11-14(12-27-19)16-8-13(21(29)30)3-4-18(16)28;16-10-8-20-13(21-9-10)3-4-15(6-11(17)7-15)14-12(18)2-1-5-19-14/h1-4,7-8,11-12,15,28H,5-6,9-10H2,(H,29,30);1-2,5,8-9,11H,3-4,6-7H2. The summed E-state index contributed by atoms with van der Waals surface area (Å²) in [7, 11) is 0. The Hall–Kier alpha value is -4.85. The number of pyridine rings is 2. The zero-order valence-electron chi connectivity index (χ0n) is 27.2. The van der Waals surface area contributed by atoms with Gasteiger partial charge in [0.25, 0.3) is 0 Å². The number of aromatic carboxylic acids is 1. The number of aryl methyl sites for hydroxylation is 2. The third-order valence-electron chi connectivity index (χ3n) is 9.56. The fraction of sp³-hybridized carbons (Fsp3) is 0.324. The minimum absolute atomic E-state index is 0.0389. The fourth-order valence-corrected chi connectivity index (χ4v) is 7.06. The highest BCUT2D eigenvalue weighted by Gasteiger charge is 2.49. The first-order chi connectivity index (χ1) is 24.5. The topological polar surface area (TPSA) is 135 Å². The summed E-state index contributed by atoms with van der Waals surface area (Å²) in [6.07, 6.45) is 10.7. The summed E-state index contributed by atoms with van der Waals surface area (Å²) >= 11 is 3.28. The molecule has 14 heteroatoms. The van der Waals surface area contributed by atoms with E-state index in [1.807, 2.05) is 0 Å². The summed E-state index contributed by atoms with van der Waals surface area (Å²) < 4.78 is 56.1. The molecule has 0 saturated heterocycles. The van der Waals surface area contributed by atoms with Crippen molar-refractivity contribution < 1.29 is 32.6 Å². The van der Waals surface area contributed by atoms with Gasteiger partial charge in [0.1, 0.15) is 41.4 Å². The molecule has 0 bridgehead atoms. The third-order valence-corrected chi connectivity index (χ3v) is 9.97. The number of hydrogen-bond donors (Lipinski definition) is 2. The molecule has 2 N–H and O–H groups in total. The molecule has 2 aliphatic carbocycles. The molecule has 0 atom stereocenters. The van der Waals surface area contributed by atoms with Crippen molar-refractivity contribution in [2.45, 2.75) is 74.5 Å². The Morgan fingerprint density at radius 2 is 1.22 bits per heavy atom. The second-order valence-corrected chi connectivity index (χ2v) is 13.9. The lowest BCUT2D eigenvalue weighted by Gasteiger charge is -2.44. The number of benzene rings is 1. The molecule has 5 aromatic rings. The highest BCUT2D eigenvalue weighted by atomic mass is 79.9. The largest absolute Gasteiger partial charge is 0.507 e. The van der Waals surface area contributed by atoms with E-state index in [0.717, 1.165) is 4.47 Å². The number of phenols is 1. The molecule has 51 heavy (non-hydrogen) atoms. The van der Waals surface area contributed by atoms with Crippen LogP contribution in [0.15, 0.2) is 84.1 Å². The number of hydrogen-bond acceptors (Lipinski definition) is 8. The second-order valence-electron chi connectivity index (χ2n) is 13.0. The van der Waals surface area contributed by atoms with Crippen LogP contribution in [0.4, 0.5) is 17.6 Å². The van der Waals surface area contributed by atoms with Crippen LogP contribution < -0.4 is 0 Å². The molecule has 0 aliphatic heterocycles. The average Bonchev–Trinajstić information content (AvgIpc) is 3.09. The lowest BCUT2D eigenvalue weighted by Crippen LogP contribution is -2.44. The Kier molecular flexibility index (Phi) is 10.7. The summed E-state index contributed by atoms with van der Waals surface area (Å²) in [5.41, 5.74) is 0.283. The maximum absolute atomic E-state index is 14.2. The Morgan fingerprint density at radius 1 is 0.745 bits per heavy atom. The SMILES string of the molecule is Fc1cccnc1C1(CCc2ncc(Br)cn2)CC(F)C1.O=C(O)c1ccc(O)c(-c2cnc(CCC3(c4ncccc4F)CC(F)C3)nc2)c1. The van der Waals surface area contributed by atoms with Gasteiger partial charge >= 0.3 is 5.97 Å². The van der Waals surface area contributed by atoms with E-state index in [4.69, 9.17) is 5.11 Å². The van der Waals surface area contributed by atoms with E-state index in [2.05, 4.69) is 45.8 Å². The van der Waals surface area contributed by atoms with Crippen molar-refractivity contribution in [3.63, 3.8) is 0 Å². The molecule has 0 amide bonds. The van der Waals surface area contributed by atoms with E-state index < -0.39 is 35.0 Å². The molecule has 2 aliphatic rings. The molecule has 9 nitrogen and oxygen atoms in total. The maximum Gasteiger partial charge on any atom is 0.335 e. The zero-order valence-corrected chi connectivity index (χ0v) is 28.8. The van der Waals surface area contributed by atoms with Gasteiger partial charge in [-0.1, -0.05) is 0 Å². The number of aromatic nitrogens is 6. The highest BCUT2D eigenvalue weighted by Crippen LogP contribution is 2.49. The number of aromatic hydroxyl groups is 1. The molecular weight excluding hydrogens is 732 g/mol. The van der Waals surface area contributed by atoms with Crippen LogP contribution in [0.1, 0.15) is 71.9 Å². The number of rotatable bonds is 10. The molecular formula is C37H33BrF4N6O3. The zero-order chi connectivity index (χ0) is 36.2. The van der Waals surface area contributed by atoms with Crippen LogP contribution in [0, 0.1) is 11.6 Å². The number of carboxylic acids is 1. The average molecular weight is 766 g/mol. The predicted octanol–water partition coefficient (Wildman–Crippen LogP) is 7.86. The van der Waals surface area contributed by atoms with E-state index >= 15 is 0 Å². The van der Waals surface area contributed by atoms with Gasteiger partial charge in [0, 0.05) is 72.0 Å². The van der Waals surface area contributed by atoms with E-state index in [9.17, 15) is 27.5 Å². The summed E-state index contributed by atoms with van der Waals surface area (Å²) in [5.74, 6) is -0.811. The minimum Gasteiger partial charge on any atom is -0.507 e. The van der Waals surface area contributed by atoms with E-state index in [0.29, 0.717) is 67.0 Å². The highest BCUT2D eigenvalue weighted by molar-refractivity contribution is 9.10. The summed E-state index contributed by atoms with van der Waals surface area (Å²) in [4.78, 5) is 36.4. The molecule has 4 heterocycles. The monoisotopic (exact) mass is 764 g/mol. The van der Waals surface area contributed by atoms with Crippen molar-refractivity contribution >= 4 is 21.9 Å². The molecule has 264 valence electrons. The smallest absolute Gasteiger partial charge is 0.335 e. The second kappa shape index (κ2) is 15.2. The Morgan fingerprint density at radius 3 is 1.65 bits per heavy atom. The quantitative estimate of drug-likeness (QED) is 0.136. The molecule has 1 aromatic carbocycles. The fourth-order valence-electron chi connectivity index (χ4n) is 6.85. The summed E-state index contributed by atoms with van der Waals surface area (Å²) in [6.45, 7) is 0. The van der Waals surface area contributed by atoms with E-state index in [1.165, 1.54) is 55.0 Å². The lowest BCUT2D eigenvalue weighted by molar-refractivity contribution is 0.0696. The molecule has 0 spiro atoms. The third kappa shape index (κ3) is 8.06. The first kappa shape index (κ1) is 36.0. The molecule has 7 rings (SSSR count). The summed E-state index contributed by atoms with van der Waals surface area (Å²) in [6, 6.07) is 9.74. The van der Waals surface area contributed by atoms with Crippen LogP contribution in [0.25, 0.3) is 11.1 Å². The van der Waals surface area contributed by atoms with Crippen LogP contribution >= 0.6 is 15.9 Å². The van der Waals surface area contributed by atoms with Crippen LogP contribution in [0.5, 0.6) is 5.75 Å². The molecule has 2 saturated carbocycles. The van der Waals surface area contributed by atoms with Crippen LogP contribution in [-0.2, 0) is 23.7 Å². The normalized spacial score (nSPS) is 22.2. The van der Waals surface area contributed by atoms with Crippen LogP contribution in [-0.4, -0.2) is 58.4 Å². The van der Waals surface area contributed by atoms with Crippen molar-refractivity contribution in [3.05, 3.63) is 124 Å². The Bertz CT molecular complexity index is 1990. The van der Waals surface area contributed by atoms with Crippen LogP contribution in [0.2, 0.25) is 0 Å². The van der Waals surface area contributed by atoms with Crippen LogP contribution in [0.3, 0.4) is 0 Å². The molecule has 4 aromatic heterocycles. The van der Waals surface area contributed by atoms with Gasteiger partial charge in [-0.2, -0.15) is 0 Å². The van der Waals surface area contributed by atoms with Gasteiger partial charge in [-0.05, 0) is 96.9 Å². The summed E-state index contributed by atoms with van der Waals surface area (Å²) in [5, 5.41) is 19.2. The molecule has 0 radical (unpaired) electrons. The Balaban J connectivity index is 0.000000187. The first-order valence-corrected chi connectivity index (χ1v) is 17.1. The van der Waals surface area contributed by atoms with Crippen molar-refractivity contribution in [1.29, 1.82) is 0 Å². The maximum atomic E-state index is 14.2.